The van der Waals surface area contributed by atoms with Crippen molar-refractivity contribution < 1.29 is 4.79 Å². The van der Waals surface area contributed by atoms with E-state index in [-0.39, 0.29) is 5.91 Å². The van der Waals surface area contributed by atoms with E-state index >= 15 is 0 Å². The Bertz CT molecular complexity index is 245. The second kappa shape index (κ2) is 7.74. The molecular formula is C14H27N3O. The first-order valence-electron chi connectivity index (χ1n) is 7.57. The predicted molar refractivity (Wildman–Crippen MR) is 73.6 cm³/mol. The van der Waals surface area contributed by atoms with Gasteiger partial charge in [-0.2, -0.15) is 0 Å². The minimum Gasteiger partial charge on any atom is -0.356 e. The fraction of sp³-hybridized carbons (Fsp3) is 0.929. The van der Waals surface area contributed by atoms with Crippen LogP contribution in [0.15, 0.2) is 0 Å². The zero-order valence-corrected chi connectivity index (χ0v) is 11.4. The monoisotopic (exact) mass is 253 g/mol. The van der Waals surface area contributed by atoms with Crippen molar-refractivity contribution in [2.45, 2.75) is 51.0 Å². The predicted octanol–water partition coefficient (Wildman–Crippen LogP) is 1.12. The van der Waals surface area contributed by atoms with E-state index < -0.39 is 0 Å². The summed E-state index contributed by atoms with van der Waals surface area (Å²) in [6.07, 6.45) is 8.11. The molecule has 0 aromatic rings. The molecule has 4 nitrogen and oxygen atoms in total. The van der Waals surface area contributed by atoms with Gasteiger partial charge < -0.3 is 15.5 Å². The highest BCUT2D eigenvalue weighted by Crippen LogP contribution is 2.10. The van der Waals surface area contributed by atoms with Gasteiger partial charge in [0.15, 0.2) is 0 Å². The number of carbonyl (C=O) groups is 1. The van der Waals surface area contributed by atoms with Gasteiger partial charge in [0.05, 0.1) is 0 Å². The Hall–Kier alpha value is -0.610. The molecular weight excluding hydrogens is 226 g/mol. The lowest BCUT2D eigenvalue weighted by atomic mass is 10.0. The van der Waals surface area contributed by atoms with Crippen LogP contribution in [0.4, 0.5) is 0 Å². The molecule has 0 bridgehead atoms. The van der Waals surface area contributed by atoms with Crippen molar-refractivity contribution in [3.63, 3.8) is 0 Å². The highest BCUT2D eigenvalue weighted by atomic mass is 16.1. The Labute approximate surface area is 110 Å². The first kappa shape index (κ1) is 13.8. The molecule has 2 saturated heterocycles. The fourth-order valence-corrected chi connectivity index (χ4v) is 2.93. The third-order valence-electron chi connectivity index (χ3n) is 4.02. The van der Waals surface area contributed by atoms with Crippen LogP contribution in [0.2, 0.25) is 0 Å². The number of nitrogens with zero attached hydrogens (tertiary/aromatic N) is 1. The van der Waals surface area contributed by atoms with Crippen LogP contribution in [0.1, 0.15) is 44.9 Å². The van der Waals surface area contributed by atoms with Crippen molar-refractivity contribution in [2.24, 2.45) is 0 Å². The normalized spacial score (nSPS) is 25.2. The molecule has 2 N–H and O–H groups in total. The Kier molecular flexibility index (Phi) is 5.94. The van der Waals surface area contributed by atoms with Crippen LogP contribution in [0.3, 0.4) is 0 Å². The van der Waals surface area contributed by atoms with E-state index in [0.717, 1.165) is 32.5 Å². The van der Waals surface area contributed by atoms with Crippen molar-refractivity contribution in [3.05, 3.63) is 0 Å². The zero-order valence-electron chi connectivity index (χ0n) is 11.4. The van der Waals surface area contributed by atoms with Crippen LogP contribution in [0.5, 0.6) is 0 Å². The van der Waals surface area contributed by atoms with Crippen molar-refractivity contribution in [3.8, 4) is 0 Å². The van der Waals surface area contributed by atoms with Gasteiger partial charge in [0.2, 0.25) is 5.91 Å². The molecule has 0 radical (unpaired) electrons. The summed E-state index contributed by atoms with van der Waals surface area (Å²) in [7, 11) is 0. The van der Waals surface area contributed by atoms with Gasteiger partial charge in [0.1, 0.15) is 0 Å². The minimum atomic E-state index is 0.218. The maximum absolute atomic E-state index is 11.7. The number of likely N-dealkylation sites (tertiary alicyclic amines) is 1. The molecule has 18 heavy (non-hydrogen) atoms. The largest absolute Gasteiger partial charge is 0.356 e. The lowest BCUT2D eigenvalue weighted by molar-refractivity contribution is -0.121. The van der Waals surface area contributed by atoms with Crippen LogP contribution in [0, 0.1) is 0 Å². The maximum atomic E-state index is 11.7. The van der Waals surface area contributed by atoms with Crippen molar-refractivity contribution in [1.29, 1.82) is 0 Å². The molecule has 1 unspecified atom stereocenters. The summed E-state index contributed by atoms with van der Waals surface area (Å²) in [5.41, 5.74) is 0. The highest BCUT2D eigenvalue weighted by Gasteiger charge is 2.16. The van der Waals surface area contributed by atoms with Crippen LogP contribution in [0.25, 0.3) is 0 Å². The van der Waals surface area contributed by atoms with Gasteiger partial charge in [-0.25, -0.2) is 0 Å². The van der Waals surface area contributed by atoms with Crippen molar-refractivity contribution in [1.82, 2.24) is 15.5 Å². The molecule has 0 aromatic heterocycles. The summed E-state index contributed by atoms with van der Waals surface area (Å²) >= 11 is 0. The van der Waals surface area contributed by atoms with Gasteiger partial charge in [0.25, 0.3) is 0 Å². The number of amides is 1. The Morgan fingerprint density at radius 2 is 2.06 bits per heavy atom. The van der Waals surface area contributed by atoms with Crippen LogP contribution in [-0.2, 0) is 4.79 Å². The van der Waals surface area contributed by atoms with Gasteiger partial charge in [-0.1, -0.05) is 6.42 Å². The van der Waals surface area contributed by atoms with Crippen LogP contribution < -0.4 is 10.6 Å². The average molecular weight is 253 g/mol. The van der Waals surface area contributed by atoms with E-state index in [1.807, 2.05) is 0 Å². The van der Waals surface area contributed by atoms with Gasteiger partial charge in [-0.3, -0.25) is 4.79 Å². The van der Waals surface area contributed by atoms with Gasteiger partial charge >= 0.3 is 0 Å². The van der Waals surface area contributed by atoms with E-state index in [2.05, 4.69) is 15.5 Å². The smallest absolute Gasteiger partial charge is 0.221 e. The molecule has 2 rings (SSSR count). The molecule has 4 heteroatoms. The summed E-state index contributed by atoms with van der Waals surface area (Å²) in [5.74, 6) is 0.218. The third kappa shape index (κ3) is 4.94. The molecule has 0 aliphatic carbocycles. The number of carbonyl (C=O) groups excluding carboxylic acids is 1. The van der Waals surface area contributed by atoms with E-state index in [1.165, 1.54) is 38.8 Å². The van der Waals surface area contributed by atoms with E-state index in [1.54, 1.807) is 0 Å². The van der Waals surface area contributed by atoms with E-state index in [0.29, 0.717) is 12.5 Å². The molecule has 2 heterocycles. The van der Waals surface area contributed by atoms with Crippen LogP contribution in [-0.4, -0.2) is 49.6 Å². The number of piperidine rings is 1. The fourth-order valence-electron chi connectivity index (χ4n) is 2.93. The second-order valence-corrected chi connectivity index (χ2v) is 5.60. The quantitative estimate of drug-likeness (QED) is 0.697. The highest BCUT2D eigenvalue weighted by molar-refractivity contribution is 5.76. The molecule has 2 aliphatic rings. The lowest BCUT2D eigenvalue weighted by Crippen LogP contribution is -2.39. The van der Waals surface area contributed by atoms with Crippen LogP contribution >= 0.6 is 0 Å². The summed E-state index contributed by atoms with van der Waals surface area (Å²) < 4.78 is 0. The minimum absolute atomic E-state index is 0.218. The molecule has 0 aromatic carbocycles. The number of rotatable bonds is 6. The lowest BCUT2D eigenvalue weighted by Gasteiger charge is -2.22. The molecule has 1 amide bonds. The summed E-state index contributed by atoms with van der Waals surface area (Å²) in [4.78, 5) is 14.2. The number of hydrogen-bond acceptors (Lipinski definition) is 3. The topological polar surface area (TPSA) is 44.4 Å². The summed E-state index contributed by atoms with van der Waals surface area (Å²) in [6.45, 7) is 5.55. The van der Waals surface area contributed by atoms with Crippen molar-refractivity contribution in [2.75, 3.05) is 32.7 Å². The maximum Gasteiger partial charge on any atom is 0.221 e. The number of nitrogens with one attached hydrogen (secondary N) is 2. The first-order valence-corrected chi connectivity index (χ1v) is 7.57. The zero-order chi connectivity index (χ0) is 12.6. The summed E-state index contributed by atoms with van der Waals surface area (Å²) in [5, 5.41) is 6.46. The molecule has 2 aliphatic heterocycles. The number of hydrogen-bond donors (Lipinski definition) is 2. The first-order chi connectivity index (χ1) is 8.84. The molecule has 0 spiro atoms. The Morgan fingerprint density at radius 1 is 1.22 bits per heavy atom. The van der Waals surface area contributed by atoms with Gasteiger partial charge in [-0.05, 0) is 58.3 Å². The molecule has 1 atom stereocenters. The third-order valence-corrected chi connectivity index (χ3v) is 4.02. The van der Waals surface area contributed by atoms with Gasteiger partial charge in [-0.15, -0.1) is 0 Å². The molecule has 104 valence electrons. The average Bonchev–Trinajstić information content (AvgIpc) is 2.89. The summed E-state index contributed by atoms with van der Waals surface area (Å²) in [6, 6.07) is 0.414. The van der Waals surface area contributed by atoms with Gasteiger partial charge in [0, 0.05) is 19.0 Å². The SMILES string of the molecule is O=C(CC1CCCCN1)NCCCN1CCCC1. The molecule has 0 saturated carbocycles. The second-order valence-electron chi connectivity index (χ2n) is 5.60. The Morgan fingerprint density at radius 3 is 2.78 bits per heavy atom. The Balaban J connectivity index is 1.48. The van der Waals surface area contributed by atoms with E-state index in [4.69, 9.17) is 0 Å². The standard InChI is InChI=1S/C14H27N3O/c18-14(12-13-6-1-2-7-15-13)16-8-5-11-17-9-3-4-10-17/h13,15H,1-12H2,(H,16,18). The molecule has 2 fully saturated rings. The van der Waals surface area contributed by atoms with E-state index in [9.17, 15) is 4.79 Å². The van der Waals surface area contributed by atoms with Crippen molar-refractivity contribution >= 4 is 5.91 Å².